The lowest BCUT2D eigenvalue weighted by molar-refractivity contribution is 0.0598. The highest BCUT2D eigenvalue weighted by atomic mass is 35.5. The zero-order valence-corrected chi connectivity index (χ0v) is 23.6. The van der Waals surface area contributed by atoms with Crippen LogP contribution in [-0.4, -0.2) is 42.0 Å². The van der Waals surface area contributed by atoms with Crippen molar-refractivity contribution in [2.75, 3.05) is 26.2 Å². The van der Waals surface area contributed by atoms with Crippen molar-refractivity contribution >= 4 is 35.0 Å². The molecule has 0 bridgehead atoms. The highest BCUT2D eigenvalue weighted by Crippen LogP contribution is 2.31. The minimum atomic E-state index is -0.865. The summed E-state index contributed by atoms with van der Waals surface area (Å²) in [5.41, 5.74) is 1.38. The number of halogens is 2. The second-order valence-electron chi connectivity index (χ2n) is 8.73. The van der Waals surface area contributed by atoms with Crippen molar-refractivity contribution in [2.45, 2.75) is 19.7 Å². The molecule has 0 saturated carbocycles. The van der Waals surface area contributed by atoms with Gasteiger partial charge in [0.05, 0.1) is 43.7 Å². The second kappa shape index (κ2) is 12.9. The third-order valence-corrected chi connectivity index (χ3v) is 6.78. The van der Waals surface area contributed by atoms with Gasteiger partial charge in [0.2, 0.25) is 0 Å². The maximum atomic E-state index is 13.8. The Morgan fingerprint density at radius 3 is 1.80 bits per heavy atom. The molecule has 0 unspecified atom stereocenters. The third-order valence-electron chi connectivity index (χ3n) is 6.21. The molecule has 0 spiro atoms. The van der Waals surface area contributed by atoms with E-state index >= 15 is 0 Å². The van der Waals surface area contributed by atoms with E-state index in [4.69, 9.17) is 37.4 Å². The molecule has 0 atom stereocenters. The average molecular weight is 584 g/mol. The number of rotatable bonds is 10. The Bertz CT molecular complexity index is 1480. The average Bonchev–Trinajstić information content (AvgIpc) is 2.97. The molecule has 1 heterocycles. The SMILES string of the molecule is COC(=O)c1c(N(Cc2ccc(OC)cc2)Cc2ccc(OC)cc2)ncn(-c2c(Cl)cc(CO)cc2Cl)c1=O. The molecular weight excluding hydrogens is 557 g/mol. The van der Waals surface area contributed by atoms with Crippen LogP contribution in [-0.2, 0) is 24.4 Å². The minimum absolute atomic E-state index is 0.109. The molecule has 4 rings (SSSR count). The summed E-state index contributed by atoms with van der Waals surface area (Å²) in [5.74, 6) is 0.652. The zero-order valence-electron chi connectivity index (χ0n) is 22.1. The number of esters is 1. The standard InChI is InChI=1S/C29H27Cl2N3O6/c1-38-21-8-4-18(5-9-21)14-33(15-19-6-10-22(39-2)11-7-19)27-25(29(37)40-3)28(36)34(17-32-27)26-23(30)12-20(16-35)13-24(26)31/h4-13,17,35H,14-16H2,1-3H3. The normalized spacial score (nSPS) is 10.8. The molecule has 0 aliphatic carbocycles. The van der Waals surface area contributed by atoms with Crippen LogP contribution in [0.2, 0.25) is 10.0 Å². The Hall–Kier alpha value is -4.05. The minimum Gasteiger partial charge on any atom is -0.497 e. The van der Waals surface area contributed by atoms with Crippen molar-refractivity contribution in [3.8, 4) is 17.2 Å². The van der Waals surface area contributed by atoms with E-state index in [1.807, 2.05) is 48.5 Å². The van der Waals surface area contributed by atoms with E-state index in [1.54, 1.807) is 19.1 Å². The van der Waals surface area contributed by atoms with Crippen LogP contribution >= 0.6 is 23.2 Å². The quantitative estimate of drug-likeness (QED) is 0.259. The largest absolute Gasteiger partial charge is 0.497 e. The molecule has 0 aliphatic heterocycles. The Kier molecular flexibility index (Phi) is 9.31. The molecular formula is C29H27Cl2N3O6. The van der Waals surface area contributed by atoms with E-state index < -0.39 is 11.5 Å². The molecule has 0 radical (unpaired) electrons. The van der Waals surface area contributed by atoms with Crippen LogP contribution < -0.4 is 19.9 Å². The summed E-state index contributed by atoms with van der Waals surface area (Å²) in [7, 11) is 4.36. The van der Waals surface area contributed by atoms with Crippen molar-refractivity contribution in [3.63, 3.8) is 0 Å². The van der Waals surface area contributed by atoms with E-state index in [0.717, 1.165) is 15.7 Å². The number of hydrogen-bond acceptors (Lipinski definition) is 8. The van der Waals surface area contributed by atoms with Crippen LogP contribution in [0.4, 0.5) is 5.82 Å². The first-order valence-corrected chi connectivity index (χ1v) is 12.8. The summed E-state index contributed by atoms with van der Waals surface area (Å²) < 4.78 is 16.6. The smallest absolute Gasteiger partial charge is 0.347 e. The number of ether oxygens (including phenoxy) is 3. The van der Waals surface area contributed by atoms with Crippen LogP contribution in [0.3, 0.4) is 0 Å². The van der Waals surface area contributed by atoms with Gasteiger partial charge in [-0.05, 0) is 53.1 Å². The van der Waals surface area contributed by atoms with Crippen molar-refractivity contribution in [1.82, 2.24) is 9.55 Å². The monoisotopic (exact) mass is 583 g/mol. The van der Waals surface area contributed by atoms with Gasteiger partial charge >= 0.3 is 5.97 Å². The number of benzene rings is 3. The van der Waals surface area contributed by atoms with Gasteiger partial charge in [0.25, 0.3) is 5.56 Å². The number of aromatic nitrogens is 2. The summed E-state index contributed by atoms with van der Waals surface area (Å²) in [6, 6.07) is 17.8. The Labute approximate surface area is 241 Å². The lowest BCUT2D eigenvalue weighted by Crippen LogP contribution is -2.33. The predicted molar refractivity (Wildman–Crippen MR) is 153 cm³/mol. The predicted octanol–water partition coefficient (Wildman–Crippen LogP) is 5.04. The third kappa shape index (κ3) is 6.22. The summed E-state index contributed by atoms with van der Waals surface area (Å²) in [6.07, 6.45) is 1.27. The number of nitrogens with zero attached hydrogens (tertiary/aromatic N) is 3. The summed E-state index contributed by atoms with van der Waals surface area (Å²) in [4.78, 5) is 33.2. The molecule has 40 heavy (non-hydrogen) atoms. The molecule has 11 heteroatoms. The van der Waals surface area contributed by atoms with Crippen molar-refractivity contribution in [2.24, 2.45) is 0 Å². The van der Waals surface area contributed by atoms with E-state index in [2.05, 4.69) is 4.98 Å². The van der Waals surface area contributed by atoms with E-state index in [-0.39, 0.29) is 33.7 Å². The zero-order chi connectivity index (χ0) is 28.8. The molecule has 0 saturated heterocycles. The Morgan fingerprint density at radius 1 is 0.875 bits per heavy atom. The Morgan fingerprint density at radius 2 is 1.38 bits per heavy atom. The fourth-order valence-electron chi connectivity index (χ4n) is 4.17. The lowest BCUT2D eigenvalue weighted by atomic mass is 10.1. The van der Waals surface area contributed by atoms with Crippen LogP contribution in [0.5, 0.6) is 11.5 Å². The van der Waals surface area contributed by atoms with Gasteiger partial charge in [-0.1, -0.05) is 47.5 Å². The number of carbonyl (C=O) groups is 1. The van der Waals surface area contributed by atoms with Crippen LogP contribution in [0, 0.1) is 0 Å². The molecule has 0 amide bonds. The molecule has 0 fully saturated rings. The van der Waals surface area contributed by atoms with E-state index in [0.29, 0.717) is 30.2 Å². The number of methoxy groups -OCH3 is 3. The topological polar surface area (TPSA) is 103 Å². The van der Waals surface area contributed by atoms with Gasteiger partial charge in [-0.2, -0.15) is 0 Å². The number of aliphatic hydroxyl groups is 1. The fourth-order valence-corrected chi connectivity index (χ4v) is 4.89. The fraction of sp³-hybridized carbons (Fsp3) is 0.207. The molecule has 3 aromatic carbocycles. The molecule has 9 nitrogen and oxygen atoms in total. The molecule has 0 aliphatic rings. The highest BCUT2D eigenvalue weighted by molar-refractivity contribution is 6.37. The second-order valence-corrected chi connectivity index (χ2v) is 9.54. The van der Waals surface area contributed by atoms with Crippen molar-refractivity contribution in [1.29, 1.82) is 0 Å². The molecule has 1 N–H and O–H groups in total. The van der Waals surface area contributed by atoms with Gasteiger partial charge in [0.15, 0.2) is 11.4 Å². The number of hydrogen-bond donors (Lipinski definition) is 1. The van der Waals surface area contributed by atoms with Gasteiger partial charge in [0.1, 0.15) is 17.8 Å². The van der Waals surface area contributed by atoms with Crippen LogP contribution in [0.1, 0.15) is 27.0 Å². The van der Waals surface area contributed by atoms with Crippen LogP contribution in [0.25, 0.3) is 5.69 Å². The van der Waals surface area contributed by atoms with Crippen molar-refractivity contribution in [3.05, 3.63) is 110 Å². The summed E-state index contributed by atoms with van der Waals surface area (Å²) >= 11 is 12.8. The van der Waals surface area contributed by atoms with Gasteiger partial charge < -0.3 is 24.2 Å². The summed E-state index contributed by atoms with van der Waals surface area (Å²) in [6.45, 7) is 0.331. The highest BCUT2D eigenvalue weighted by Gasteiger charge is 2.26. The number of carbonyl (C=O) groups excluding carboxylic acids is 1. The number of anilines is 1. The summed E-state index contributed by atoms with van der Waals surface area (Å²) in [5, 5.41) is 9.69. The lowest BCUT2D eigenvalue weighted by Gasteiger charge is -2.26. The molecule has 4 aromatic rings. The first-order valence-electron chi connectivity index (χ1n) is 12.1. The molecule has 1 aromatic heterocycles. The first-order chi connectivity index (χ1) is 19.3. The maximum Gasteiger partial charge on any atom is 0.347 e. The van der Waals surface area contributed by atoms with E-state index in [9.17, 15) is 14.7 Å². The maximum absolute atomic E-state index is 13.8. The Balaban J connectivity index is 1.86. The van der Waals surface area contributed by atoms with E-state index in [1.165, 1.54) is 25.6 Å². The molecule has 208 valence electrons. The van der Waals surface area contributed by atoms with Gasteiger partial charge in [-0.3, -0.25) is 9.36 Å². The first kappa shape index (κ1) is 28.9. The van der Waals surface area contributed by atoms with Gasteiger partial charge in [0, 0.05) is 13.1 Å². The number of aliphatic hydroxyl groups excluding tert-OH is 1. The van der Waals surface area contributed by atoms with Crippen LogP contribution in [0.15, 0.2) is 71.8 Å². The van der Waals surface area contributed by atoms with Gasteiger partial charge in [-0.25, -0.2) is 9.78 Å². The van der Waals surface area contributed by atoms with Gasteiger partial charge in [-0.15, -0.1) is 0 Å². The van der Waals surface area contributed by atoms with Crippen molar-refractivity contribution < 1.29 is 24.1 Å².